The van der Waals surface area contributed by atoms with Gasteiger partial charge in [0.2, 0.25) is 0 Å². The van der Waals surface area contributed by atoms with E-state index in [2.05, 4.69) is 6.58 Å². The Morgan fingerprint density at radius 3 is 1.78 bits per heavy atom. The van der Waals surface area contributed by atoms with Crippen LogP contribution in [0.5, 0.6) is 17.2 Å². The summed E-state index contributed by atoms with van der Waals surface area (Å²) < 4.78 is 43.6. The Morgan fingerprint density at radius 2 is 1.20 bits per heavy atom. The van der Waals surface area contributed by atoms with Gasteiger partial charge in [0.1, 0.15) is 23.9 Å². The number of carbonyl (C=O) groups is 4. The molecule has 0 spiro atoms. The molecule has 1 fully saturated rings. The van der Waals surface area contributed by atoms with E-state index in [1.165, 1.54) is 12.1 Å². The van der Waals surface area contributed by atoms with E-state index in [-0.39, 0.29) is 18.8 Å². The van der Waals surface area contributed by atoms with Crippen molar-refractivity contribution in [1.29, 1.82) is 0 Å². The fourth-order valence-corrected chi connectivity index (χ4v) is 4.78. The Morgan fingerprint density at radius 1 is 0.660 bits per heavy atom. The summed E-state index contributed by atoms with van der Waals surface area (Å²) in [5.41, 5.74) is 1.72. The van der Waals surface area contributed by atoms with Crippen LogP contribution in [0.3, 0.4) is 0 Å². The summed E-state index contributed by atoms with van der Waals surface area (Å²) in [5, 5.41) is 0. The molecule has 0 aliphatic carbocycles. The first kappa shape index (κ1) is 37.6. The van der Waals surface area contributed by atoms with E-state index in [1.54, 1.807) is 50.2 Å². The molecule has 3 aromatic carbocycles. The molecule has 2 atom stereocenters. The number of rotatable bonds is 19. The van der Waals surface area contributed by atoms with Gasteiger partial charge in [-0.05, 0) is 93.6 Å². The molecule has 0 bridgehead atoms. The van der Waals surface area contributed by atoms with E-state index >= 15 is 0 Å². The van der Waals surface area contributed by atoms with Crippen molar-refractivity contribution in [2.45, 2.75) is 64.6 Å². The van der Waals surface area contributed by atoms with Crippen LogP contribution in [0, 0.1) is 0 Å². The van der Waals surface area contributed by atoms with Crippen LogP contribution in [-0.4, -0.2) is 62.5 Å². The number of benzene rings is 3. The van der Waals surface area contributed by atoms with Gasteiger partial charge < -0.3 is 37.9 Å². The number of unbranched alkanes of at least 4 members (excludes halogenated alkanes) is 3. The van der Waals surface area contributed by atoms with Crippen molar-refractivity contribution in [3.05, 3.63) is 102 Å². The zero-order valence-corrected chi connectivity index (χ0v) is 28.2. The topological polar surface area (TPSA) is 142 Å². The van der Waals surface area contributed by atoms with Crippen LogP contribution in [0.1, 0.15) is 67.3 Å². The maximum Gasteiger partial charge on any atom is 0.343 e. The molecule has 0 amide bonds. The average Bonchev–Trinajstić information content (AvgIpc) is 3.59. The lowest BCUT2D eigenvalue weighted by Gasteiger charge is -2.13. The van der Waals surface area contributed by atoms with Crippen molar-refractivity contribution in [3.8, 4) is 17.2 Å². The molecule has 0 unspecified atom stereocenters. The molecule has 0 radical (unpaired) electrons. The van der Waals surface area contributed by atoms with Gasteiger partial charge in [-0.2, -0.15) is 0 Å². The van der Waals surface area contributed by atoms with Crippen LogP contribution in [0.2, 0.25) is 0 Å². The highest BCUT2D eigenvalue weighted by molar-refractivity contribution is 5.91. The van der Waals surface area contributed by atoms with E-state index < -0.39 is 42.4 Å². The monoisotopic (exact) mass is 690 g/mol. The minimum absolute atomic E-state index is 0.111. The summed E-state index contributed by atoms with van der Waals surface area (Å²) in [6.07, 6.45) is 1.22. The molecular formula is C38H42O12. The Hall–Kier alpha value is -5.20. The second-order valence-electron chi connectivity index (χ2n) is 11.0. The number of hydrogen-bond acceptors (Lipinski definition) is 12. The summed E-state index contributed by atoms with van der Waals surface area (Å²) in [4.78, 5) is 48.5. The minimum atomic E-state index is -1.28. The van der Waals surface area contributed by atoms with Crippen LogP contribution in [0.4, 0.5) is 0 Å². The Bertz CT molecular complexity index is 1520. The summed E-state index contributed by atoms with van der Waals surface area (Å²) in [6.45, 7) is 8.24. The van der Waals surface area contributed by atoms with E-state index in [0.29, 0.717) is 36.9 Å². The van der Waals surface area contributed by atoms with Gasteiger partial charge in [-0.15, -0.1) is 0 Å². The average molecular weight is 691 g/mol. The number of ether oxygens (including phenoxy) is 8. The smallest absolute Gasteiger partial charge is 0.343 e. The molecule has 4 rings (SSSR count). The van der Waals surface area contributed by atoms with E-state index in [1.807, 2.05) is 24.3 Å². The molecule has 12 nitrogen and oxygen atoms in total. The first-order chi connectivity index (χ1) is 24.3. The predicted octanol–water partition coefficient (Wildman–Crippen LogP) is 6.06. The standard InChI is InChI=1S/C38H42O12/c1-4-32(39)46-24-10-8-7-9-23-45-29-17-11-26(12-18-29)25-47-30-19-21-31(22-20-30)48-35(40)27-13-15-28(16-14-27)38-49-33(36(41)43-5-2)34(50-38)37(42)44-6-3/h4,11-22,33-34,38H,1,5-10,23-25H2,2-3H3/t33-,34-/m1/s1. The molecule has 12 heteroatoms. The zero-order valence-electron chi connectivity index (χ0n) is 28.2. The van der Waals surface area contributed by atoms with Gasteiger partial charge in [-0.1, -0.05) is 30.8 Å². The molecule has 1 aliphatic rings. The Labute approximate surface area is 291 Å². The van der Waals surface area contributed by atoms with Gasteiger partial charge in [0.05, 0.1) is 32.0 Å². The van der Waals surface area contributed by atoms with Crippen LogP contribution in [-0.2, 0) is 44.7 Å². The largest absolute Gasteiger partial charge is 0.494 e. The molecule has 1 saturated heterocycles. The van der Waals surface area contributed by atoms with Crippen LogP contribution in [0.25, 0.3) is 0 Å². The second-order valence-corrected chi connectivity index (χ2v) is 11.0. The summed E-state index contributed by atoms with van der Waals surface area (Å²) in [5.74, 6) is -0.718. The molecule has 1 aliphatic heterocycles. The zero-order chi connectivity index (χ0) is 35.7. The lowest BCUT2D eigenvalue weighted by atomic mass is 10.1. The van der Waals surface area contributed by atoms with E-state index in [9.17, 15) is 19.2 Å². The fraction of sp³-hybridized carbons (Fsp3) is 0.368. The van der Waals surface area contributed by atoms with Crippen molar-refractivity contribution in [2.75, 3.05) is 26.4 Å². The third-order valence-electron chi connectivity index (χ3n) is 7.35. The SMILES string of the molecule is C=CC(=O)OCCCCCCOc1ccc(COc2ccc(OC(=O)c3ccc(C4O[C@@H](C(=O)OCC)[C@H](C(=O)OCC)O4)cc3)cc2)cc1. The molecule has 3 aromatic rings. The van der Waals surface area contributed by atoms with Gasteiger partial charge >= 0.3 is 23.9 Å². The lowest BCUT2D eigenvalue weighted by molar-refractivity contribution is -0.163. The first-order valence-corrected chi connectivity index (χ1v) is 16.5. The van der Waals surface area contributed by atoms with Crippen molar-refractivity contribution in [2.24, 2.45) is 0 Å². The van der Waals surface area contributed by atoms with Gasteiger partial charge in [0.15, 0.2) is 18.5 Å². The molecular weight excluding hydrogens is 648 g/mol. The molecule has 0 saturated carbocycles. The van der Waals surface area contributed by atoms with Gasteiger partial charge in [-0.3, -0.25) is 0 Å². The van der Waals surface area contributed by atoms with Crippen LogP contribution >= 0.6 is 0 Å². The molecule has 266 valence electrons. The van der Waals surface area contributed by atoms with Crippen LogP contribution < -0.4 is 14.2 Å². The van der Waals surface area contributed by atoms with Gasteiger partial charge in [0.25, 0.3) is 0 Å². The lowest BCUT2D eigenvalue weighted by Crippen LogP contribution is -2.39. The van der Waals surface area contributed by atoms with Crippen molar-refractivity contribution < 1.29 is 57.1 Å². The summed E-state index contributed by atoms with van der Waals surface area (Å²) in [6, 6.07) is 20.6. The number of carbonyl (C=O) groups excluding carboxylic acids is 4. The van der Waals surface area contributed by atoms with Crippen LogP contribution in [0.15, 0.2) is 85.5 Å². The van der Waals surface area contributed by atoms with Crippen molar-refractivity contribution in [3.63, 3.8) is 0 Å². The molecule has 1 heterocycles. The fourth-order valence-electron chi connectivity index (χ4n) is 4.78. The number of hydrogen-bond donors (Lipinski definition) is 0. The molecule has 0 N–H and O–H groups in total. The molecule has 0 aromatic heterocycles. The van der Waals surface area contributed by atoms with Crippen molar-refractivity contribution in [1.82, 2.24) is 0 Å². The third-order valence-corrected chi connectivity index (χ3v) is 7.35. The van der Waals surface area contributed by atoms with E-state index in [0.717, 1.165) is 43.1 Å². The van der Waals surface area contributed by atoms with Gasteiger partial charge in [-0.25, -0.2) is 19.2 Å². The van der Waals surface area contributed by atoms with Crippen molar-refractivity contribution >= 4 is 23.9 Å². The van der Waals surface area contributed by atoms with E-state index in [4.69, 9.17) is 37.9 Å². The first-order valence-electron chi connectivity index (χ1n) is 16.5. The quantitative estimate of drug-likeness (QED) is 0.0474. The normalized spacial score (nSPS) is 15.5. The summed E-state index contributed by atoms with van der Waals surface area (Å²) >= 11 is 0. The Balaban J connectivity index is 1.18. The third kappa shape index (κ3) is 11.5. The predicted molar refractivity (Wildman–Crippen MR) is 179 cm³/mol. The highest BCUT2D eigenvalue weighted by Gasteiger charge is 2.47. The maximum absolute atomic E-state index is 12.8. The maximum atomic E-state index is 12.8. The highest BCUT2D eigenvalue weighted by atomic mass is 16.8. The molecule has 50 heavy (non-hydrogen) atoms. The van der Waals surface area contributed by atoms with Gasteiger partial charge in [0, 0.05) is 11.6 Å². The minimum Gasteiger partial charge on any atom is -0.494 e. The highest BCUT2D eigenvalue weighted by Crippen LogP contribution is 2.33. The number of esters is 4. The summed E-state index contributed by atoms with van der Waals surface area (Å²) in [7, 11) is 0. The second kappa shape index (κ2) is 19.7. The Kier molecular flexibility index (Phi) is 14.8.